The molecule has 0 aromatic heterocycles. The number of rotatable bonds is 8. The average Bonchev–Trinajstić information content (AvgIpc) is 2.75. The van der Waals surface area contributed by atoms with E-state index in [2.05, 4.69) is 24.5 Å². The maximum atomic E-state index is 11.5. The molecular weight excluding hydrogens is 216 g/mol. The Morgan fingerprint density at radius 1 is 1.35 bits per heavy atom. The first-order valence-corrected chi connectivity index (χ1v) is 6.76. The molecule has 4 nitrogen and oxygen atoms in total. The van der Waals surface area contributed by atoms with Gasteiger partial charge in [-0.2, -0.15) is 0 Å². The number of ether oxygens (including phenoxy) is 1. The smallest absolute Gasteiger partial charge is 0.234 e. The van der Waals surface area contributed by atoms with Crippen molar-refractivity contribution in [2.24, 2.45) is 5.92 Å². The van der Waals surface area contributed by atoms with Crippen molar-refractivity contribution in [1.29, 1.82) is 0 Å². The second kappa shape index (κ2) is 8.48. The Bertz CT molecular complexity index is 213. The highest BCUT2D eigenvalue weighted by Crippen LogP contribution is 2.17. The summed E-state index contributed by atoms with van der Waals surface area (Å²) in [4.78, 5) is 11.5. The van der Waals surface area contributed by atoms with Crippen molar-refractivity contribution in [1.82, 2.24) is 10.6 Å². The molecule has 0 spiro atoms. The van der Waals surface area contributed by atoms with Gasteiger partial charge in [0.25, 0.3) is 0 Å². The fourth-order valence-electron chi connectivity index (χ4n) is 2.01. The zero-order valence-electron chi connectivity index (χ0n) is 11.1. The van der Waals surface area contributed by atoms with E-state index >= 15 is 0 Å². The van der Waals surface area contributed by atoms with E-state index in [1.807, 2.05) is 0 Å². The first-order valence-electron chi connectivity index (χ1n) is 6.76. The maximum absolute atomic E-state index is 11.5. The van der Waals surface area contributed by atoms with Crippen LogP contribution in [0.2, 0.25) is 0 Å². The van der Waals surface area contributed by atoms with Gasteiger partial charge in [0.1, 0.15) is 0 Å². The van der Waals surface area contributed by atoms with Crippen LogP contribution in [0.15, 0.2) is 0 Å². The van der Waals surface area contributed by atoms with Gasteiger partial charge in [-0.25, -0.2) is 0 Å². The van der Waals surface area contributed by atoms with Gasteiger partial charge in [-0.15, -0.1) is 0 Å². The summed E-state index contributed by atoms with van der Waals surface area (Å²) in [5.41, 5.74) is 0. The quantitative estimate of drug-likeness (QED) is 0.631. The third-order valence-electron chi connectivity index (χ3n) is 2.88. The highest BCUT2D eigenvalue weighted by atomic mass is 16.5. The number of amides is 1. The monoisotopic (exact) mass is 242 g/mol. The van der Waals surface area contributed by atoms with E-state index in [-0.39, 0.29) is 5.91 Å². The molecule has 0 unspecified atom stereocenters. The van der Waals surface area contributed by atoms with Crippen LogP contribution >= 0.6 is 0 Å². The van der Waals surface area contributed by atoms with Gasteiger partial charge in [-0.1, -0.05) is 26.7 Å². The van der Waals surface area contributed by atoms with Gasteiger partial charge in [-0.05, 0) is 18.8 Å². The standard InChI is InChI=1S/C13H26N2O2/c1-11(2)10-17-8-7-14-9-13(16)15-12-5-3-4-6-12/h11-12,14H,3-10H2,1-2H3,(H,15,16). The number of carbonyl (C=O) groups is 1. The summed E-state index contributed by atoms with van der Waals surface area (Å²) in [5.74, 6) is 0.682. The summed E-state index contributed by atoms with van der Waals surface area (Å²) in [6.07, 6.45) is 4.79. The van der Waals surface area contributed by atoms with Crippen molar-refractivity contribution in [3.8, 4) is 0 Å². The molecule has 1 fully saturated rings. The fraction of sp³-hybridized carbons (Fsp3) is 0.923. The van der Waals surface area contributed by atoms with Crippen LogP contribution in [0.4, 0.5) is 0 Å². The molecule has 1 aliphatic carbocycles. The Hall–Kier alpha value is -0.610. The van der Waals surface area contributed by atoms with Crippen molar-refractivity contribution in [3.63, 3.8) is 0 Å². The van der Waals surface area contributed by atoms with Crippen molar-refractivity contribution in [2.75, 3.05) is 26.3 Å². The fourth-order valence-corrected chi connectivity index (χ4v) is 2.01. The summed E-state index contributed by atoms with van der Waals surface area (Å²) >= 11 is 0. The summed E-state index contributed by atoms with van der Waals surface area (Å²) in [6, 6.07) is 0.418. The molecular formula is C13H26N2O2. The first kappa shape index (κ1) is 14.5. The van der Waals surface area contributed by atoms with E-state index in [1.165, 1.54) is 12.8 Å². The molecule has 2 N–H and O–H groups in total. The molecule has 4 heteroatoms. The number of carbonyl (C=O) groups excluding carboxylic acids is 1. The molecule has 0 aliphatic heterocycles. The van der Waals surface area contributed by atoms with Gasteiger partial charge in [0, 0.05) is 19.2 Å². The highest BCUT2D eigenvalue weighted by Gasteiger charge is 2.16. The number of nitrogens with one attached hydrogen (secondary N) is 2. The average molecular weight is 242 g/mol. The highest BCUT2D eigenvalue weighted by molar-refractivity contribution is 5.78. The minimum atomic E-state index is 0.112. The van der Waals surface area contributed by atoms with Gasteiger partial charge in [0.15, 0.2) is 0 Å². The van der Waals surface area contributed by atoms with Crippen LogP contribution in [-0.2, 0) is 9.53 Å². The third kappa shape index (κ3) is 7.34. The van der Waals surface area contributed by atoms with Crippen LogP contribution in [0, 0.1) is 5.92 Å². The molecule has 0 bridgehead atoms. The molecule has 1 rings (SSSR count). The minimum absolute atomic E-state index is 0.112. The lowest BCUT2D eigenvalue weighted by molar-refractivity contribution is -0.120. The molecule has 0 atom stereocenters. The predicted molar refractivity (Wildman–Crippen MR) is 68.9 cm³/mol. The van der Waals surface area contributed by atoms with Crippen LogP contribution < -0.4 is 10.6 Å². The van der Waals surface area contributed by atoms with Gasteiger partial charge >= 0.3 is 0 Å². The van der Waals surface area contributed by atoms with E-state index in [0.717, 1.165) is 26.0 Å². The second-order valence-electron chi connectivity index (χ2n) is 5.19. The van der Waals surface area contributed by atoms with Gasteiger partial charge < -0.3 is 15.4 Å². The summed E-state index contributed by atoms with van der Waals surface area (Å²) in [5, 5.41) is 6.14. The van der Waals surface area contributed by atoms with Crippen LogP contribution in [-0.4, -0.2) is 38.3 Å². The normalized spacial score (nSPS) is 16.6. The molecule has 100 valence electrons. The zero-order valence-corrected chi connectivity index (χ0v) is 11.1. The molecule has 0 aromatic rings. The Morgan fingerprint density at radius 3 is 2.71 bits per heavy atom. The lowest BCUT2D eigenvalue weighted by Gasteiger charge is -2.12. The van der Waals surface area contributed by atoms with Crippen LogP contribution in [0.3, 0.4) is 0 Å². The molecule has 0 radical (unpaired) electrons. The first-order chi connectivity index (χ1) is 8.18. The largest absolute Gasteiger partial charge is 0.380 e. The minimum Gasteiger partial charge on any atom is -0.380 e. The van der Waals surface area contributed by atoms with Crippen molar-refractivity contribution in [2.45, 2.75) is 45.6 Å². The van der Waals surface area contributed by atoms with E-state index in [0.29, 0.717) is 25.1 Å². The molecule has 0 heterocycles. The Kier molecular flexibility index (Phi) is 7.21. The predicted octanol–water partition coefficient (Wildman–Crippen LogP) is 1.31. The van der Waals surface area contributed by atoms with Crippen molar-refractivity contribution < 1.29 is 9.53 Å². The SMILES string of the molecule is CC(C)COCCNCC(=O)NC1CCCC1. The van der Waals surface area contributed by atoms with Gasteiger partial charge in [-0.3, -0.25) is 4.79 Å². The second-order valence-corrected chi connectivity index (χ2v) is 5.19. The van der Waals surface area contributed by atoms with Crippen LogP contribution in [0.25, 0.3) is 0 Å². The van der Waals surface area contributed by atoms with E-state index in [9.17, 15) is 4.79 Å². The Balaban J connectivity index is 1.89. The Labute approximate surface area is 104 Å². The zero-order chi connectivity index (χ0) is 12.5. The molecule has 0 saturated heterocycles. The number of hydrogen-bond donors (Lipinski definition) is 2. The lowest BCUT2D eigenvalue weighted by Crippen LogP contribution is -2.39. The van der Waals surface area contributed by atoms with E-state index in [1.54, 1.807) is 0 Å². The van der Waals surface area contributed by atoms with Crippen molar-refractivity contribution >= 4 is 5.91 Å². The maximum Gasteiger partial charge on any atom is 0.234 e. The van der Waals surface area contributed by atoms with Gasteiger partial charge in [0.2, 0.25) is 5.91 Å². The molecule has 1 amide bonds. The van der Waals surface area contributed by atoms with E-state index < -0.39 is 0 Å². The molecule has 1 saturated carbocycles. The third-order valence-corrected chi connectivity index (χ3v) is 2.88. The lowest BCUT2D eigenvalue weighted by atomic mass is 10.2. The topological polar surface area (TPSA) is 50.4 Å². The van der Waals surface area contributed by atoms with Crippen LogP contribution in [0.5, 0.6) is 0 Å². The molecule has 1 aliphatic rings. The number of hydrogen-bond acceptors (Lipinski definition) is 3. The van der Waals surface area contributed by atoms with Crippen molar-refractivity contribution in [3.05, 3.63) is 0 Å². The van der Waals surface area contributed by atoms with Gasteiger partial charge in [0.05, 0.1) is 13.2 Å². The Morgan fingerprint density at radius 2 is 2.06 bits per heavy atom. The van der Waals surface area contributed by atoms with Crippen LogP contribution in [0.1, 0.15) is 39.5 Å². The molecule has 17 heavy (non-hydrogen) atoms. The molecule has 0 aromatic carbocycles. The van der Waals surface area contributed by atoms with E-state index in [4.69, 9.17) is 4.74 Å². The summed E-state index contributed by atoms with van der Waals surface area (Å²) in [7, 11) is 0. The summed E-state index contributed by atoms with van der Waals surface area (Å²) in [6.45, 7) is 6.86. The summed E-state index contributed by atoms with van der Waals surface area (Å²) < 4.78 is 5.42.